The average Bonchev–Trinajstić information content (AvgIpc) is 2.62. The van der Waals surface area contributed by atoms with Gasteiger partial charge in [0.05, 0.1) is 23.2 Å². The summed E-state index contributed by atoms with van der Waals surface area (Å²) in [6.45, 7) is 0.576. The Hall–Kier alpha value is -3.61. The van der Waals surface area contributed by atoms with E-state index >= 15 is 0 Å². The van der Waals surface area contributed by atoms with Gasteiger partial charge >= 0.3 is 5.97 Å². The van der Waals surface area contributed by atoms with Crippen molar-refractivity contribution in [3.05, 3.63) is 47.5 Å². The number of fused-ring (bicyclic) bond motifs is 1. The van der Waals surface area contributed by atoms with Crippen molar-refractivity contribution in [3.63, 3.8) is 0 Å². The molecule has 7 heteroatoms. The lowest BCUT2D eigenvalue weighted by atomic mass is 9.92. The van der Waals surface area contributed by atoms with Crippen LogP contribution in [0.5, 0.6) is 0 Å². The van der Waals surface area contributed by atoms with Crippen LogP contribution in [0.1, 0.15) is 15.9 Å². The molecule has 0 saturated heterocycles. The highest BCUT2D eigenvalue weighted by Crippen LogP contribution is 2.38. The first-order valence-electron chi connectivity index (χ1n) is 7.60. The highest BCUT2D eigenvalue weighted by Gasteiger charge is 2.19. The van der Waals surface area contributed by atoms with Crippen LogP contribution in [-0.2, 0) is 0 Å². The van der Waals surface area contributed by atoms with Gasteiger partial charge in [0.15, 0.2) is 0 Å². The van der Waals surface area contributed by atoms with Crippen molar-refractivity contribution in [3.8, 4) is 11.1 Å². The van der Waals surface area contributed by atoms with Gasteiger partial charge in [0.25, 0.3) is 0 Å². The summed E-state index contributed by atoms with van der Waals surface area (Å²) in [4.78, 5) is 11.5. The summed E-state index contributed by atoms with van der Waals surface area (Å²) < 4.78 is 0. The molecule has 0 unspecified atom stereocenters. The maximum atomic E-state index is 11.5. The molecule has 0 bridgehead atoms. The minimum atomic E-state index is -0.977. The average molecular weight is 335 g/mol. The van der Waals surface area contributed by atoms with Gasteiger partial charge in [0, 0.05) is 29.6 Å². The number of aromatic carboxylic acids is 1. The Kier molecular flexibility index (Phi) is 4.47. The van der Waals surface area contributed by atoms with Crippen LogP contribution >= 0.6 is 0 Å². The summed E-state index contributed by atoms with van der Waals surface area (Å²) in [5.74, 6) is -0.977. The molecule has 0 amide bonds. The summed E-state index contributed by atoms with van der Waals surface area (Å²) in [6, 6.07) is 8.72. The molecular formula is C18H17N5O2. The molecule has 0 atom stereocenters. The molecule has 7 nitrogen and oxygen atoms in total. The van der Waals surface area contributed by atoms with Crippen LogP contribution in [0.15, 0.2) is 41.5 Å². The summed E-state index contributed by atoms with van der Waals surface area (Å²) in [6.07, 6.45) is 6.24. The standard InChI is InChI=1S/C18H17N5O2/c19-7-9-22-23-11-3-6-16(20)15(10-11)12-4-5-14(18(24)25)17-13(12)2-1-8-21-17/h1-7,9-10,19,21,23H,8,20H2,(H,24,25)/b19-7?,22-9-. The van der Waals surface area contributed by atoms with Gasteiger partial charge in [-0.3, -0.25) is 5.43 Å². The van der Waals surface area contributed by atoms with Gasteiger partial charge in [0.1, 0.15) is 0 Å². The molecular weight excluding hydrogens is 318 g/mol. The van der Waals surface area contributed by atoms with Gasteiger partial charge in [-0.1, -0.05) is 18.2 Å². The van der Waals surface area contributed by atoms with Crippen molar-refractivity contribution in [2.45, 2.75) is 0 Å². The predicted molar refractivity (Wildman–Crippen MR) is 102 cm³/mol. The number of benzene rings is 2. The number of nitrogens with two attached hydrogens (primary N) is 1. The molecule has 1 aliphatic heterocycles. The van der Waals surface area contributed by atoms with E-state index in [1.54, 1.807) is 24.3 Å². The minimum Gasteiger partial charge on any atom is -0.478 e. The van der Waals surface area contributed by atoms with E-state index in [1.165, 1.54) is 6.21 Å². The van der Waals surface area contributed by atoms with Crippen molar-refractivity contribution in [2.24, 2.45) is 5.10 Å². The van der Waals surface area contributed by atoms with Gasteiger partial charge in [-0.15, -0.1) is 0 Å². The Balaban J connectivity index is 2.12. The monoisotopic (exact) mass is 335 g/mol. The van der Waals surface area contributed by atoms with Crippen LogP contribution in [0.4, 0.5) is 17.1 Å². The second kappa shape index (κ2) is 6.88. The molecule has 0 aliphatic carbocycles. The molecule has 0 aromatic heterocycles. The SMILES string of the molecule is N=C/C=N\Nc1ccc(N)c(-c2ccc(C(=O)O)c3c2C=CCN3)c1. The van der Waals surface area contributed by atoms with E-state index in [-0.39, 0.29) is 5.56 Å². The van der Waals surface area contributed by atoms with E-state index in [2.05, 4.69) is 15.8 Å². The summed E-state index contributed by atoms with van der Waals surface area (Å²) in [7, 11) is 0. The molecule has 1 heterocycles. The topological polar surface area (TPSA) is 124 Å². The van der Waals surface area contributed by atoms with Crippen molar-refractivity contribution in [1.82, 2.24) is 0 Å². The van der Waals surface area contributed by atoms with Crippen molar-refractivity contribution >= 4 is 41.5 Å². The zero-order chi connectivity index (χ0) is 17.8. The highest BCUT2D eigenvalue weighted by atomic mass is 16.4. The quantitative estimate of drug-likeness (QED) is 0.326. The van der Waals surface area contributed by atoms with Crippen molar-refractivity contribution < 1.29 is 9.90 Å². The Morgan fingerprint density at radius 2 is 2.16 bits per heavy atom. The summed E-state index contributed by atoms with van der Waals surface area (Å²) in [5, 5.41) is 23.3. The molecule has 126 valence electrons. The number of anilines is 3. The molecule has 0 radical (unpaired) electrons. The second-order valence-corrected chi connectivity index (χ2v) is 5.40. The molecule has 2 aromatic rings. The van der Waals surface area contributed by atoms with Crippen LogP contribution < -0.4 is 16.5 Å². The number of nitrogens with zero attached hydrogens (tertiary/aromatic N) is 1. The molecule has 25 heavy (non-hydrogen) atoms. The molecule has 0 fully saturated rings. The van der Waals surface area contributed by atoms with Crippen molar-refractivity contribution in [2.75, 3.05) is 23.0 Å². The smallest absolute Gasteiger partial charge is 0.337 e. The largest absolute Gasteiger partial charge is 0.478 e. The van der Waals surface area contributed by atoms with Gasteiger partial charge in [0.2, 0.25) is 0 Å². The molecule has 6 N–H and O–H groups in total. The Labute approximate surface area is 144 Å². The van der Waals surface area contributed by atoms with Crippen LogP contribution in [0.25, 0.3) is 17.2 Å². The molecule has 1 aliphatic rings. The lowest BCUT2D eigenvalue weighted by Crippen LogP contribution is -2.11. The van der Waals surface area contributed by atoms with Crippen LogP contribution in [0, 0.1) is 5.41 Å². The second-order valence-electron chi connectivity index (χ2n) is 5.40. The zero-order valence-corrected chi connectivity index (χ0v) is 13.3. The number of hydrogen-bond donors (Lipinski definition) is 5. The first-order valence-corrected chi connectivity index (χ1v) is 7.60. The Morgan fingerprint density at radius 1 is 1.32 bits per heavy atom. The van der Waals surface area contributed by atoms with E-state index in [9.17, 15) is 9.90 Å². The third kappa shape index (κ3) is 3.20. The van der Waals surface area contributed by atoms with Crippen molar-refractivity contribution in [1.29, 1.82) is 5.41 Å². The first-order chi connectivity index (χ1) is 12.1. The van der Waals surface area contributed by atoms with Crippen LogP contribution in [0.2, 0.25) is 0 Å². The summed E-state index contributed by atoms with van der Waals surface area (Å²) in [5.41, 5.74) is 13.5. The Morgan fingerprint density at radius 3 is 2.92 bits per heavy atom. The van der Waals surface area contributed by atoms with Gasteiger partial charge in [-0.2, -0.15) is 5.10 Å². The van der Waals surface area contributed by atoms with Gasteiger partial charge in [-0.25, -0.2) is 4.79 Å². The minimum absolute atomic E-state index is 0.228. The molecule has 0 spiro atoms. The Bertz CT molecular complexity index is 903. The maximum Gasteiger partial charge on any atom is 0.337 e. The van der Waals surface area contributed by atoms with Crippen LogP contribution in [-0.4, -0.2) is 30.0 Å². The lowest BCUT2D eigenvalue weighted by Gasteiger charge is -2.20. The zero-order valence-electron chi connectivity index (χ0n) is 13.3. The first kappa shape index (κ1) is 16.3. The number of hydrogen-bond acceptors (Lipinski definition) is 6. The molecule has 2 aromatic carbocycles. The van der Waals surface area contributed by atoms with E-state index in [0.29, 0.717) is 23.6 Å². The fourth-order valence-electron chi connectivity index (χ4n) is 2.74. The van der Waals surface area contributed by atoms with E-state index in [0.717, 1.165) is 22.9 Å². The van der Waals surface area contributed by atoms with E-state index < -0.39 is 5.97 Å². The molecule has 0 saturated carbocycles. The normalized spacial score (nSPS) is 12.5. The number of hydrazone groups is 1. The maximum absolute atomic E-state index is 11.5. The van der Waals surface area contributed by atoms with E-state index in [4.69, 9.17) is 11.1 Å². The predicted octanol–water partition coefficient (Wildman–Crippen LogP) is 3.12. The molecule has 3 rings (SSSR count). The number of carbonyl (C=O) groups is 1. The number of nitrogens with one attached hydrogen (secondary N) is 3. The summed E-state index contributed by atoms with van der Waals surface area (Å²) >= 11 is 0. The lowest BCUT2D eigenvalue weighted by molar-refractivity contribution is 0.0698. The van der Waals surface area contributed by atoms with Gasteiger partial charge in [-0.05, 0) is 29.8 Å². The van der Waals surface area contributed by atoms with E-state index in [1.807, 2.05) is 18.2 Å². The fraction of sp³-hybridized carbons (Fsp3) is 0.0556. The highest BCUT2D eigenvalue weighted by molar-refractivity contribution is 6.14. The number of rotatable bonds is 5. The third-order valence-electron chi connectivity index (χ3n) is 3.84. The van der Waals surface area contributed by atoms with Crippen LogP contribution in [0.3, 0.4) is 0 Å². The fourth-order valence-corrected chi connectivity index (χ4v) is 2.74. The third-order valence-corrected chi connectivity index (χ3v) is 3.84. The van der Waals surface area contributed by atoms with Gasteiger partial charge < -0.3 is 21.6 Å². The number of carboxylic acid groups (broad SMARTS) is 1. The number of nitrogen functional groups attached to an aromatic ring is 1. The number of carboxylic acids is 1.